The topological polar surface area (TPSA) is 66.7 Å². The molecule has 0 aromatic heterocycles. The molecule has 0 fully saturated rings. The lowest BCUT2D eigenvalue weighted by molar-refractivity contribution is 0.488. The molecule has 0 amide bonds. The average molecular weight is 137 g/mol. The molecule has 0 heterocycles. The maximum atomic E-state index is 9.85. The van der Waals surface area contributed by atoms with E-state index in [0.29, 0.717) is 0 Å². The van der Waals surface area contributed by atoms with Crippen LogP contribution in [0.4, 0.5) is 0 Å². The molecule has 0 aromatic rings. The molecule has 8 heavy (non-hydrogen) atoms. The van der Waals surface area contributed by atoms with Crippen molar-refractivity contribution in [2.24, 2.45) is 4.99 Å². The molecule has 0 rings (SSSR count). The molecular formula is C3H7NO3S. The third-order valence-corrected chi connectivity index (χ3v) is 1.04. The summed E-state index contributed by atoms with van der Waals surface area (Å²) >= 11 is 0. The van der Waals surface area contributed by atoms with Crippen LogP contribution >= 0.6 is 0 Å². The van der Waals surface area contributed by atoms with Crippen molar-refractivity contribution in [3.05, 3.63) is 0 Å². The van der Waals surface area contributed by atoms with E-state index in [4.69, 9.17) is 4.55 Å². The molecule has 0 aromatic carbocycles. The Morgan fingerprint density at radius 3 is 2.38 bits per heavy atom. The smallest absolute Gasteiger partial charge is 0.270 e. The van der Waals surface area contributed by atoms with Crippen LogP contribution in [0.25, 0.3) is 0 Å². The Labute approximate surface area is 48.0 Å². The maximum Gasteiger partial charge on any atom is 0.270 e. The zero-order valence-electron chi connectivity index (χ0n) is 4.40. The van der Waals surface area contributed by atoms with Gasteiger partial charge in [0.05, 0.1) is 0 Å². The summed E-state index contributed by atoms with van der Waals surface area (Å²) in [6.45, 7) is 0. The van der Waals surface area contributed by atoms with E-state index >= 15 is 0 Å². The van der Waals surface area contributed by atoms with Crippen LogP contribution in [-0.2, 0) is 10.1 Å². The molecule has 0 aliphatic heterocycles. The van der Waals surface area contributed by atoms with Crippen molar-refractivity contribution in [3.63, 3.8) is 0 Å². The minimum Gasteiger partial charge on any atom is -0.300 e. The highest BCUT2D eigenvalue weighted by molar-refractivity contribution is 7.86. The third kappa shape index (κ3) is 5.58. The van der Waals surface area contributed by atoms with Crippen molar-refractivity contribution in [3.8, 4) is 0 Å². The minimum atomic E-state index is -3.84. The number of rotatable bonds is 2. The van der Waals surface area contributed by atoms with Crippen molar-refractivity contribution in [1.82, 2.24) is 0 Å². The van der Waals surface area contributed by atoms with Gasteiger partial charge < -0.3 is 0 Å². The van der Waals surface area contributed by atoms with E-state index in [-0.39, 0.29) is 0 Å². The fourth-order valence-corrected chi connectivity index (χ4v) is 0.506. The molecule has 0 aliphatic carbocycles. The molecule has 0 saturated heterocycles. The first kappa shape index (κ1) is 7.58. The van der Waals surface area contributed by atoms with Crippen molar-refractivity contribution < 1.29 is 13.0 Å². The third-order valence-electron chi connectivity index (χ3n) is 0.468. The van der Waals surface area contributed by atoms with Crippen molar-refractivity contribution in [2.45, 2.75) is 0 Å². The first-order valence-corrected chi connectivity index (χ1v) is 3.53. The predicted octanol–water partition coefficient (Wildman–Crippen LogP) is -0.425. The second-order valence-corrected chi connectivity index (χ2v) is 2.69. The highest BCUT2D eigenvalue weighted by atomic mass is 32.2. The summed E-state index contributed by atoms with van der Waals surface area (Å²) in [7, 11) is -2.40. The molecule has 0 unspecified atom stereocenters. The zero-order chi connectivity index (χ0) is 6.62. The molecule has 0 aliphatic rings. The molecule has 5 heteroatoms. The Morgan fingerprint density at radius 2 is 2.25 bits per heavy atom. The minimum absolute atomic E-state index is 0.399. The maximum absolute atomic E-state index is 9.85. The van der Waals surface area contributed by atoms with Gasteiger partial charge in [-0.25, -0.2) is 0 Å². The Morgan fingerprint density at radius 1 is 1.75 bits per heavy atom. The van der Waals surface area contributed by atoms with Gasteiger partial charge in [0.1, 0.15) is 5.75 Å². The largest absolute Gasteiger partial charge is 0.300 e. The molecule has 0 atom stereocenters. The van der Waals surface area contributed by atoms with Gasteiger partial charge in [-0.3, -0.25) is 9.55 Å². The molecule has 48 valence electrons. The number of hydrogen-bond acceptors (Lipinski definition) is 3. The molecule has 4 nitrogen and oxygen atoms in total. The quantitative estimate of drug-likeness (QED) is 0.415. The number of hydrogen-bond donors (Lipinski definition) is 1. The zero-order valence-corrected chi connectivity index (χ0v) is 5.22. The van der Waals surface area contributed by atoms with E-state index in [9.17, 15) is 8.42 Å². The lowest BCUT2D eigenvalue weighted by Crippen LogP contribution is -2.03. The summed E-state index contributed by atoms with van der Waals surface area (Å²) in [5.74, 6) is -0.399. The van der Waals surface area contributed by atoms with Crippen LogP contribution < -0.4 is 0 Å². The predicted molar refractivity (Wildman–Crippen MR) is 30.8 cm³/mol. The summed E-state index contributed by atoms with van der Waals surface area (Å²) in [5, 5.41) is 0. The van der Waals surface area contributed by atoms with Crippen LogP contribution in [-0.4, -0.2) is 32.0 Å². The van der Waals surface area contributed by atoms with Gasteiger partial charge in [-0.2, -0.15) is 8.42 Å². The monoisotopic (exact) mass is 137 g/mol. The average Bonchev–Trinajstić information content (AvgIpc) is 1.59. The van der Waals surface area contributed by atoms with Gasteiger partial charge in [-0.15, -0.1) is 0 Å². The van der Waals surface area contributed by atoms with E-state index < -0.39 is 15.9 Å². The van der Waals surface area contributed by atoms with Gasteiger partial charge in [0, 0.05) is 13.3 Å². The van der Waals surface area contributed by atoms with Crippen LogP contribution in [0.2, 0.25) is 0 Å². The molecule has 0 radical (unpaired) electrons. The Bertz CT molecular complexity index is 169. The van der Waals surface area contributed by atoms with Crippen molar-refractivity contribution >= 4 is 16.3 Å². The van der Waals surface area contributed by atoms with Crippen LogP contribution in [0.5, 0.6) is 0 Å². The van der Waals surface area contributed by atoms with Gasteiger partial charge in [-0.1, -0.05) is 0 Å². The molecule has 0 bridgehead atoms. The molecule has 1 N–H and O–H groups in total. The molecule has 0 saturated carbocycles. The Hall–Kier alpha value is -0.420. The highest BCUT2D eigenvalue weighted by Gasteiger charge is 1.97. The Balaban J connectivity index is 3.76. The lowest BCUT2D eigenvalue weighted by atomic mass is 10.9. The number of nitrogens with zero attached hydrogens (tertiary/aromatic N) is 1. The van der Waals surface area contributed by atoms with Gasteiger partial charge in [0.15, 0.2) is 0 Å². The van der Waals surface area contributed by atoms with E-state index in [1.54, 1.807) is 0 Å². The van der Waals surface area contributed by atoms with E-state index in [0.717, 1.165) is 6.21 Å². The second-order valence-electron chi connectivity index (χ2n) is 1.19. The fourth-order valence-electron chi connectivity index (χ4n) is 0.169. The summed E-state index contributed by atoms with van der Waals surface area (Å²) < 4.78 is 27.7. The van der Waals surface area contributed by atoms with E-state index in [1.165, 1.54) is 7.05 Å². The molecular weight excluding hydrogens is 130 g/mol. The summed E-state index contributed by atoms with van der Waals surface area (Å²) in [6.07, 6.45) is 1.12. The standard InChI is InChI=1S/C3H7NO3S/c1-4-2-3-8(5,6)7/h2H,3H2,1H3,(H,5,6,7). The van der Waals surface area contributed by atoms with Crippen molar-refractivity contribution in [1.29, 1.82) is 0 Å². The van der Waals surface area contributed by atoms with Crippen LogP contribution in [0.15, 0.2) is 4.99 Å². The number of aliphatic imine (C=N–C) groups is 1. The van der Waals surface area contributed by atoms with Crippen molar-refractivity contribution in [2.75, 3.05) is 12.8 Å². The highest BCUT2D eigenvalue weighted by Crippen LogP contribution is 1.75. The van der Waals surface area contributed by atoms with Crippen LogP contribution in [0, 0.1) is 0 Å². The van der Waals surface area contributed by atoms with Gasteiger partial charge in [0.25, 0.3) is 10.1 Å². The molecule has 0 spiro atoms. The van der Waals surface area contributed by atoms with E-state index in [1.807, 2.05) is 0 Å². The fraction of sp³-hybridized carbons (Fsp3) is 0.667. The SMILES string of the molecule is CN=CCS(=O)(=O)O. The second kappa shape index (κ2) is 2.78. The van der Waals surface area contributed by atoms with Crippen LogP contribution in [0.3, 0.4) is 0 Å². The van der Waals surface area contributed by atoms with Gasteiger partial charge in [0.2, 0.25) is 0 Å². The van der Waals surface area contributed by atoms with Crippen LogP contribution in [0.1, 0.15) is 0 Å². The lowest BCUT2D eigenvalue weighted by Gasteiger charge is -1.83. The Kier molecular flexibility index (Phi) is 2.64. The van der Waals surface area contributed by atoms with Gasteiger partial charge >= 0.3 is 0 Å². The summed E-state index contributed by atoms with van der Waals surface area (Å²) in [6, 6.07) is 0. The first-order valence-electron chi connectivity index (χ1n) is 1.92. The first-order chi connectivity index (χ1) is 3.56. The normalized spacial score (nSPS) is 12.8. The van der Waals surface area contributed by atoms with Gasteiger partial charge in [-0.05, 0) is 0 Å². The summed E-state index contributed by atoms with van der Waals surface area (Å²) in [5.41, 5.74) is 0. The van der Waals surface area contributed by atoms with E-state index in [2.05, 4.69) is 4.99 Å². The summed E-state index contributed by atoms with van der Waals surface area (Å²) in [4.78, 5) is 3.36.